The van der Waals surface area contributed by atoms with Crippen molar-refractivity contribution in [2.45, 2.75) is 46.1 Å². The zero-order valence-electron chi connectivity index (χ0n) is 10.6. The van der Waals surface area contributed by atoms with Crippen molar-refractivity contribution in [1.82, 2.24) is 10.3 Å². The summed E-state index contributed by atoms with van der Waals surface area (Å²) in [5.41, 5.74) is 1.80. The number of aromatic nitrogens is 1. The van der Waals surface area contributed by atoms with Gasteiger partial charge in [0.25, 0.3) is 0 Å². The van der Waals surface area contributed by atoms with Crippen LogP contribution >= 0.6 is 0 Å². The van der Waals surface area contributed by atoms with Crippen LogP contribution in [0.25, 0.3) is 0 Å². The van der Waals surface area contributed by atoms with Crippen molar-refractivity contribution in [1.29, 1.82) is 0 Å². The minimum atomic E-state index is 0.451. The molecule has 2 nitrogen and oxygen atoms in total. The van der Waals surface area contributed by atoms with E-state index < -0.39 is 0 Å². The second-order valence-electron chi connectivity index (χ2n) is 5.79. The molecule has 0 aromatic carbocycles. The molecule has 0 bridgehead atoms. The van der Waals surface area contributed by atoms with E-state index in [9.17, 15) is 0 Å². The molecule has 2 N–H and O–H groups in total. The van der Waals surface area contributed by atoms with Gasteiger partial charge in [0.1, 0.15) is 0 Å². The standard InChI is InChI=1S/C14H24N2/c1-14(2,13-5-3-4-6-13)11-16-10-12-7-8-15-9-12/h7-9,13,15-16H,3-6,10-11H2,1-2H3. The molecule has 1 aliphatic carbocycles. The number of hydrogen-bond donors (Lipinski definition) is 2. The molecule has 0 unspecified atom stereocenters. The van der Waals surface area contributed by atoms with Crippen LogP contribution in [0.15, 0.2) is 18.5 Å². The maximum absolute atomic E-state index is 3.58. The van der Waals surface area contributed by atoms with Gasteiger partial charge in [0.15, 0.2) is 0 Å². The van der Waals surface area contributed by atoms with Crippen molar-refractivity contribution < 1.29 is 0 Å². The van der Waals surface area contributed by atoms with Crippen LogP contribution < -0.4 is 5.32 Å². The molecular weight excluding hydrogens is 196 g/mol. The molecule has 0 spiro atoms. The van der Waals surface area contributed by atoms with Gasteiger partial charge >= 0.3 is 0 Å². The molecule has 1 saturated carbocycles. The molecule has 90 valence electrons. The normalized spacial score (nSPS) is 18.1. The second-order valence-corrected chi connectivity index (χ2v) is 5.79. The van der Waals surface area contributed by atoms with Crippen molar-refractivity contribution in [3.05, 3.63) is 24.0 Å². The van der Waals surface area contributed by atoms with Crippen molar-refractivity contribution in [3.8, 4) is 0 Å². The van der Waals surface area contributed by atoms with Gasteiger partial charge in [-0.1, -0.05) is 26.7 Å². The topological polar surface area (TPSA) is 27.8 Å². The Balaban J connectivity index is 1.75. The SMILES string of the molecule is CC(C)(CNCc1cc[nH]c1)C1CCCC1. The Labute approximate surface area is 98.8 Å². The highest BCUT2D eigenvalue weighted by Gasteiger charge is 2.31. The number of aromatic amines is 1. The Morgan fingerprint density at radius 3 is 2.75 bits per heavy atom. The Kier molecular flexibility index (Phi) is 3.70. The van der Waals surface area contributed by atoms with Gasteiger partial charge in [0.05, 0.1) is 0 Å². The Morgan fingerprint density at radius 1 is 1.38 bits per heavy atom. The number of rotatable bonds is 5. The molecule has 1 aromatic rings. The summed E-state index contributed by atoms with van der Waals surface area (Å²) in [4.78, 5) is 3.09. The third kappa shape index (κ3) is 2.88. The summed E-state index contributed by atoms with van der Waals surface area (Å²) in [6, 6.07) is 2.13. The van der Waals surface area contributed by atoms with E-state index in [4.69, 9.17) is 0 Å². The summed E-state index contributed by atoms with van der Waals surface area (Å²) in [5.74, 6) is 0.922. The van der Waals surface area contributed by atoms with E-state index in [1.54, 1.807) is 0 Å². The van der Waals surface area contributed by atoms with Gasteiger partial charge in [0, 0.05) is 25.5 Å². The molecule has 1 aliphatic rings. The number of nitrogens with one attached hydrogen (secondary N) is 2. The smallest absolute Gasteiger partial charge is 0.0220 e. The number of hydrogen-bond acceptors (Lipinski definition) is 1. The van der Waals surface area contributed by atoms with E-state index in [0.717, 1.165) is 19.0 Å². The molecule has 1 fully saturated rings. The predicted octanol–water partition coefficient (Wildman–Crippen LogP) is 3.32. The van der Waals surface area contributed by atoms with Gasteiger partial charge < -0.3 is 10.3 Å². The average Bonchev–Trinajstić information content (AvgIpc) is 2.90. The van der Waals surface area contributed by atoms with E-state index in [0.29, 0.717) is 5.41 Å². The lowest BCUT2D eigenvalue weighted by Crippen LogP contribution is -2.34. The summed E-state index contributed by atoms with van der Waals surface area (Å²) in [7, 11) is 0. The first-order valence-corrected chi connectivity index (χ1v) is 6.51. The molecule has 1 heterocycles. The number of H-pyrrole nitrogens is 1. The first kappa shape index (κ1) is 11.7. The van der Waals surface area contributed by atoms with Gasteiger partial charge in [-0.2, -0.15) is 0 Å². The van der Waals surface area contributed by atoms with Crippen LogP contribution in [0.4, 0.5) is 0 Å². The van der Waals surface area contributed by atoms with Crippen molar-refractivity contribution in [2.24, 2.45) is 11.3 Å². The lowest BCUT2D eigenvalue weighted by atomic mass is 9.78. The van der Waals surface area contributed by atoms with Crippen LogP contribution in [0.2, 0.25) is 0 Å². The summed E-state index contributed by atoms with van der Waals surface area (Å²) >= 11 is 0. The monoisotopic (exact) mass is 220 g/mol. The van der Waals surface area contributed by atoms with Gasteiger partial charge in [-0.05, 0) is 35.8 Å². The summed E-state index contributed by atoms with van der Waals surface area (Å²) in [6.07, 6.45) is 9.78. The Bertz CT molecular complexity index is 295. The summed E-state index contributed by atoms with van der Waals surface area (Å²) in [6.45, 7) is 6.93. The van der Waals surface area contributed by atoms with Crippen molar-refractivity contribution >= 4 is 0 Å². The van der Waals surface area contributed by atoms with Crippen LogP contribution in [0.5, 0.6) is 0 Å². The molecule has 2 rings (SSSR count). The average molecular weight is 220 g/mol. The highest BCUT2D eigenvalue weighted by molar-refractivity contribution is 5.07. The third-order valence-corrected chi connectivity index (χ3v) is 4.03. The molecule has 16 heavy (non-hydrogen) atoms. The first-order valence-electron chi connectivity index (χ1n) is 6.51. The maximum atomic E-state index is 3.58. The highest BCUT2D eigenvalue weighted by atomic mass is 14.9. The fourth-order valence-electron chi connectivity index (χ4n) is 2.85. The zero-order chi connectivity index (χ0) is 11.4. The van der Waals surface area contributed by atoms with Crippen molar-refractivity contribution in [2.75, 3.05) is 6.54 Å². The Hall–Kier alpha value is -0.760. The van der Waals surface area contributed by atoms with Crippen LogP contribution in [-0.2, 0) is 6.54 Å². The second kappa shape index (κ2) is 5.05. The van der Waals surface area contributed by atoms with Crippen LogP contribution in [0.1, 0.15) is 45.1 Å². The summed E-state index contributed by atoms with van der Waals surface area (Å²) in [5, 5.41) is 3.58. The third-order valence-electron chi connectivity index (χ3n) is 4.03. The lowest BCUT2D eigenvalue weighted by Gasteiger charge is -2.32. The molecular formula is C14H24N2. The van der Waals surface area contributed by atoms with Crippen molar-refractivity contribution in [3.63, 3.8) is 0 Å². The van der Waals surface area contributed by atoms with E-state index in [1.807, 2.05) is 6.20 Å². The van der Waals surface area contributed by atoms with E-state index in [-0.39, 0.29) is 0 Å². The van der Waals surface area contributed by atoms with Gasteiger partial charge in [-0.25, -0.2) is 0 Å². The molecule has 0 aliphatic heterocycles. The predicted molar refractivity (Wildman–Crippen MR) is 68.2 cm³/mol. The van der Waals surface area contributed by atoms with Gasteiger partial charge in [0.2, 0.25) is 0 Å². The van der Waals surface area contributed by atoms with Crippen LogP contribution in [0, 0.1) is 11.3 Å². The molecule has 0 atom stereocenters. The molecule has 2 heteroatoms. The molecule has 0 amide bonds. The largest absolute Gasteiger partial charge is 0.367 e. The molecule has 0 radical (unpaired) electrons. The highest BCUT2D eigenvalue weighted by Crippen LogP contribution is 2.38. The quantitative estimate of drug-likeness (QED) is 0.782. The van der Waals surface area contributed by atoms with Gasteiger partial charge in [-0.3, -0.25) is 0 Å². The van der Waals surface area contributed by atoms with Crippen LogP contribution in [0.3, 0.4) is 0 Å². The minimum Gasteiger partial charge on any atom is -0.367 e. The fraction of sp³-hybridized carbons (Fsp3) is 0.714. The molecule has 0 saturated heterocycles. The van der Waals surface area contributed by atoms with E-state index >= 15 is 0 Å². The fourth-order valence-corrected chi connectivity index (χ4v) is 2.85. The lowest BCUT2D eigenvalue weighted by molar-refractivity contribution is 0.208. The van der Waals surface area contributed by atoms with E-state index in [2.05, 4.69) is 36.4 Å². The first-order chi connectivity index (χ1) is 7.68. The van der Waals surface area contributed by atoms with Gasteiger partial charge in [-0.15, -0.1) is 0 Å². The van der Waals surface area contributed by atoms with E-state index in [1.165, 1.54) is 31.2 Å². The summed E-state index contributed by atoms with van der Waals surface area (Å²) < 4.78 is 0. The Morgan fingerprint density at radius 2 is 2.12 bits per heavy atom. The minimum absolute atomic E-state index is 0.451. The van der Waals surface area contributed by atoms with Crippen LogP contribution in [-0.4, -0.2) is 11.5 Å². The zero-order valence-corrected chi connectivity index (χ0v) is 10.6. The molecule has 1 aromatic heterocycles. The maximum Gasteiger partial charge on any atom is 0.0220 e.